The molecule has 0 amide bonds. The standard InChI is InChI=1S/C11H11F3N4/c1-7(15)8-3-2-5-16-10(8)18-6-4-9(17-18)11(12,13)14/h2-7H,15H2,1H3/t7-/m0/s1. The number of halogens is 3. The molecule has 0 aliphatic carbocycles. The summed E-state index contributed by atoms with van der Waals surface area (Å²) in [6, 6.07) is 3.95. The van der Waals surface area contributed by atoms with Crippen molar-refractivity contribution in [3.05, 3.63) is 41.9 Å². The Hall–Kier alpha value is -1.89. The minimum absolute atomic E-state index is 0.308. The zero-order chi connectivity index (χ0) is 13.3. The smallest absolute Gasteiger partial charge is 0.324 e. The van der Waals surface area contributed by atoms with Gasteiger partial charge in [-0.1, -0.05) is 6.07 Å². The maximum Gasteiger partial charge on any atom is 0.435 e. The fourth-order valence-corrected chi connectivity index (χ4v) is 1.55. The van der Waals surface area contributed by atoms with Crippen molar-refractivity contribution < 1.29 is 13.2 Å². The molecule has 1 atom stereocenters. The van der Waals surface area contributed by atoms with Gasteiger partial charge in [0.2, 0.25) is 0 Å². The molecule has 18 heavy (non-hydrogen) atoms. The molecule has 0 unspecified atom stereocenters. The molecule has 2 N–H and O–H groups in total. The Balaban J connectivity index is 2.47. The van der Waals surface area contributed by atoms with Crippen molar-refractivity contribution in [1.82, 2.24) is 14.8 Å². The van der Waals surface area contributed by atoms with Gasteiger partial charge in [-0.15, -0.1) is 0 Å². The van der Waals surface area contributed by atoms with E-state index >= 15 is 0 Å². The Morgan fingerprint density at radius 1 is 1.33 bits per heavy atom. The normalized spacial score (nSPS) is 13.6. The molecular formula is C11H11F3N4. The quantitative estimate of drug-likeness (QED) is 0.897. The molecule has 0 saturated heterocycles. The minimum Gasteiger partial charge on any atom is -0.324 e. The monoisotopic (exact) mass is 256 g/mol. The third kappa shape index (κ3) is 2.35. The Labute approximate surface area is 101 Å². The van der Waals surface area contributed by atoms with E-state index < -0.39 is 11.9 Å². The Kier molecular flexibility index (Phi) is 3.08. The van der Waals surface area contributed by atoms with Crippen molar-refractivity contribution in [3.63, 3.8) is 0 Å². The van der Waals surface area contributed by atoms with Gasteiger partial charge in [0, 0.05) is 24.0 Å². The molecule has 2 rings (SSSR count). The second kappa shape index (κ2) is 4.41. The fourth-order valence-electron chi connectivity index (χ4n) is 1.55. The summed E-state index contributed by atoms with van der Waals surface area (Å²) in [5.74, 6) is 0.308. The van der Waals surface area contributed by atoms with E-state index in [2.05, 4.69) is 10.1 Å². The molecule has 0 spiro atoms. The van der Waals surface area contributed by atoms with Crippen molar-refractivity contribution in [2.45, 2.75) is 19.1 Å². The summed E-state index contributed by atoms with van der Waals surface area (Å²) in [7, 11) is 0. The minimum atomic E-state index is -4.46. The highest BCUT2D eigenvalue weighted by Crippen LogP contribution is 2.28. The number of pyridine rings is 1. The van der Waals surface area contributed by atoms with Crippen molar-refractivity contribution in [1.29, 1.82) is 0 Å². The van der Waals surface area contributed by atoms with Gasteiger partial charge in [-0.3, -0.25) is 0 Å². The van der Waals surface area contributed by atoms with Crippen LogP contribution in [0.25, 0.3) is 5.82 Å². The number of hydrogen-bond acceptors (Lipinski definition) is 3. The van der Waals surface area contributed by atoms with E-state index in [0.29, 0.717) is 11.4 Å². The van der Waals surface area contributed by atoms with Crippen LogP contribution in [0.3, 0.4) is 0 Å². The average molecular weight is 256 g/mol. The number of nitrogens with zero attached hydrogens (tertiary/aromatic N) is 3. The molecule has 4 nitrogen and oxygen atoms in total. The second-order valence-corrected chi connectivity index (χ2v) is 3.85. The lowest BCUT2D eigenvalue weighted by Gasteiger charge is -2.11. The Morgan fingerprint density at radius 3 is 2.61 bits per heavy atom. The zero-order valence-electron chi connectivity index (χ0n) is 9.52. The lowest BCUT2D eigenvalue weighted by molar-refractivity contribution is -0.141. The molecule has 0 aliphatic heterocycles. The van der Waals surface area contributed by atoms with Crippen molar-refractivity contribution >= 4 is 0 Å². The lowest BCUT2D eigenvalue weighted by atomic mass is 10.1. The molecule has 0 aliphatic rings. The largest absolute Gasteiger partial charge is 0.435 e. The van der Waals surface area contributed by atoms with E-state index in [9.17, 15) is 13.2 Å². The fraction of sp³-hybridized carbons (Fsp3) is 0.273. The summed E-state index contributed by atoms with van der Waals surface area (Å²) >= 11 is 0. The van der Waals surface area contributed by atoms with Crippen LogP contribution in [-0.4, -0.2) is 14.8 Å². The summed E-state index contributed by atoms with van der Waals surface area (Å²) in [4.78, 5) is 4.02. The van der Waals surface area contributed by atoms with Crippen molar-refractivity contribution in [2.75, 3.05) is 0 Å². The molecule has 0 bridgehead atoms. The van der Waals surface area contributed by atoms with Crippen LogP contribution in [-0.2, 0) is 6.18 Å². The van der Waals surface area contributed by atoms with Crippen LogP contribution < -0.4 is 5.73 Å². The van der Waals surface area contributed by atoms with Crippen LogP contribution in [0, 0.1) is 0 Å². The number of alkyl halides is 3. The number of rotatable bonds is 2. The highest BCUT2D eigenvalue weighted by Gasteiger charge is 2.33. The van der Waals surface area contributed by atoms with E-state index in [1.807, 2.05) is 0 Å². The predicted octanol–water partition coefficient (Wildman–Crippen LogP) is 2.31. The second-order valence-electron chi connectivity index (χ2n) is 3.85. The van der Waals surface area contributed by atoms with Gasteiger partial charge in [0.25, 0.3) is 0 Å². The van der Waals surface area contributed by atoms with E-state index in [-0.39, 0.29) is 6.04 Å². The van der Waals surface area contributed by atoms with E-state index in [0.717, 1.165) is 10.7 Å². The molecule has 0 fully saturated rings. The zero-order valence-corrected chi connectivity index (χ0v) is 9.52. The molecule has 7 heteroatoms. The van der Waals surface area contributed by atoms with Crippen LogP contribution in [0.2, 0.25) is 0 Å². The first kappa shape index (κ1) is 12.6. The molecule has 96 valence electrons. The summed E-state index contributed by atoms with van der Waals surface area (Å²) in [5.41, 5.74) is 5.42. The average Bonchev–Trinajstić information content (AvgIpc) is 2.77. The van der Waals surface area contributed by atoms with E-state index in [4.69, 9.17) is 5.73 Å². The van der Waals surface area contributed by atoms with Crippen LogP contribution >= 0.6 is 0 Å². The maximum atomic E-state index is 12.5. The molecule has 0 saturated carbocycles. The predicted molar refractivity (Wildman–Crippen MR) is 59.0 cm³/mol. The molecule has 2 aromatic heterocycles. The third-order valence-electron chi connectivity index (χ3n) is 2.40. The molecule has 2 heterocycles. The van der Waals surface area contributed by atoms with Gasteiger partial charge in [0.1, 0.15) is 0 Å². The van der Waals surface area contributed by atoms with Crippen LogP contribution in [0.4, 0.5) is 13.2 Å². The van der Waals surface area contributed by atoms with Crippen molar-refractivity contribution in [2.24, 2.45) is 5.73 Å². The molecule has 0 radical (unpaired) electrons. The highest BCUT2D eigenvalue weighted by atomic mass is 19.4. The summed E-state index contributed by atoms with van der Waals surface area (Å²) in [6.45, 7) is 1.73. The number of hydrogen-bond donors (Lipinski definition) is 1. The first-order valence-electron chi connectivity index (χ1n) is 5.23. The third-order valence-corrected chi connectivity index (χ3v) is 2.40. The van der Waals surface area contributed by atoms with E-state index in [1.165, 1.54) is 12.4 Å². The van der Waals surface area contributed by atoms with Crippen LogP contribution in [0.5, 0.6) is 0 Å². The lowest BCUT2D eigenvalue weighted by Crippen LogP contribution is -2.13. The molecule has 2 aromatic rings. The first-order chi connectivity index (χ1) is 8.39. The van der Waals surface area contributed by atoms with Gasteiger partial charge in [-0.2, -0.15) is 18.3 Å². The van der Waals surface area contributed by atoms with Gasteiger partial charge in [-0.05, 0) is 19.1 Å². The molecular weight excluding hydrogens is 245 g/mol. The van der Waals surface area contributed by atoms with E-state index in [1.54, 1.807) is 19.1 Å². The number of aromatic nitrogens is 3. The summed E-state index contributed by atoms with van der Waals surface area (Å²) in [6.07, 6.45) is -1.76. The van der Waals surface area contributed by atoms with Gasteiger partial charge < -0.3 is 5.73 Å². The Bertz CT molecular complexity index is 545. The van der Waals surface area contributed by atoms with Gasteiger partial charge >= 0.3 is 6.18 Å². The molecule has 0 aromatic carbocycles. The van der Waals surface area contributed by atoms with Gasteiger partial charge in [0.05, 0.1) is 0 Å². The first-order valence-corrected chi connectivity index (χ1v) is 5.23. The summed E-state index contributed by atoms with van der Waals surface area (Å²) < 4.78 is 38.5. The highest BCUT2D eigenvalue weighted by molar-refractivity contribution is 5.35. The SMILES string of the molecule is C[C@H](N)c1cccnc1-n1ccc(C(F)(F)F)n1. The van der Waals surface area contributed by atoms with Gasteiger partial charge in [0.15, 0.2) is 11.5 Å². The van der Waals surface area contributed by atoms with Crippen molar-refractivity contribution in [3.8, 4) is 5.82 Å². The van der Waals surface area contributed by atoms with Gasteiger partial charge in [-0.25, -0.2) is 9.67 Å². The topological polar surface area (TPSA) is 56.7 Å². The Morgan fingerprint density at radius 2 is 2.06 bits per heavy atom. The maximum absolute atomic E-state index is 12.5. The number of nitrogens with two attached hydrogens (primary N) is 1. The van der Waals surface area contributed by atoms with Crippen LogP contribution in [0.1, 0.15) is 24.2 Å². The summed E-state index contributed by atoms with van der Waals surface area (Å²) in [5, 5.41) is 3.47. The van der Waals surface area contributed by atoms with Crippen LogP contribution in [0.15, 0.2) is 30.6 Å².